The van der Waals surface area contributed by atoms with Crippen molar-refractivity contribution in [3.05, 3.63) is 35.8 Å². The van der Waals surface area contributed by atoms with E-state index in [0.29, 0.717) is 6.54 Å². The minimum Gasteiger partial charge on any atom is -0.497 e. The maximum Gasteiger partial charge on any atom is 0.119 e. The fraction of sp³-hybridized carbons (Fsp3) is 0.400. The molecule has 2 aromatic rings. The highest BCUT2D eigenvalue weighted by molar-refractivity contribution is 5.64. The van der Waals surface area contributed by atoms with Crippen LogP contribution in [0.2, 0.25) is 0 Å². The lowest BCUT2D eigenvalue weighted by Crippen LogP contribution is -2.21. The van der Waals surface area contributed by atoms with E-state index in [4.69, 9.17) is 15.5 Å². The zero-order chi connectivity index (χ0) is 13.5. The van der Waals surface area contributed by atoms with Crippen molar-refractivity contribution in [1.82, 2.24) is 9.97 Å². The van der Waals surface area contributed by atoms with E-state index in [1.807, 2.05) is 18.2 Å². The maximum atomic E-state index is 5.86. The van der Waals surface area contributed by atoms with Crippen molar-refractivity contribution in [2.45, 2.75) is 25.2 Å². The minimum atomic E-state index is 0.0991. The van der Waals surface area contributed by atoms with Crippen LogP contribution in [0.1, 0.15) is 24.4 Å². The van der Waals surface area contributed by atoms with Crippen LogP contribution in [0.15, 0.2) is 24.3 Å². The summed E-state index contributed by atoms with van der Waals surface area (Å²) < 4.78 is 5.27. The Bertz CT molecular complexity index is 599. The molecule has 0 atom stereocenters. The first-order valence-corrected chi connectivity index (χ1v) is 6.60. The number of imidazole rings is 1. The third-order valence-electron chi connectivity index (χ3n) is 3.97. The molecule has 0 saturated heterocycles. The van der Waals surface area contributed by atoms with Gasteiger partial charge in [-0.3, -0.25) is 0 Å². The van der Waals surface area contributed by atoms with Gasteiger partial charge in [-0.2, -0.15) is 0 Å². The van der Waals surface area contributed by atoms with E-state index in [9.17, 15) is 0 Å². The average molecular weight is 257 g/mol. The van der Waals surface area contributed by atoms with Gasteiger partial charge in [0.25, 0.3) is 0 Å². The Morgan fingerprint density at radius 2 is 2.21 bits per heavy atom. The highest BCUT2D eigenvalue weighted by atomic mass is 16.5. The minimum absolute atomic E-state index is 0.0991. The van der Waals surface area contributed by atoms with E-state index in [2.05, 4.69) is 18.0 Å². The van der Waals surface area contributed by atoms with E-state index in [-0.39, 0.29) is 5.41 Å². The number of aromatic nitrogens is 2. The molecule has 3 N–H and O–H groups in total. The van der Waals surface area contributed by atoms with Crippen molar-refractivity contribution >= 4 is 0 Å². The number of aryl methyl sites for hydroxylation is 1. The average Bonchev–Trinajstić information content (AvgIpc) is 3.16. The number of methoxy groups -OCH3 is 1. The molecule has 100 valence electrons. The van der Waals surface area contributed by atoms with Crippen LogP contribution in [0.25, 0.3) is 11.3 Å². The molecule has 3 rings (SSSR count). The van der Waals surface area contributed by atoms with Gasteiger partial charge in [-0.25, -0.2) is 4.98 Å². The number of H-pyrrole nitrogens is 1. The molecule has 19 heavy (non-hydrogen) atoms. The fourth-order valence-electron chi connectivity index (χ4n) is 2.45. The predicted octanol–water partition coefficient (Wildman–Crippen LogP) is 2.38. The first-order chi connectivity index (χ1) is 9.18. The third-order valence-corrected chi connectivity index (χ3v) is 3.97. The summed E-state index contributed by atoms with van der Waals surface area (Å²) in [6, 6.07) is 7.99. The van der Waals surface area contributed by atoms with Gasteiger partial charge in [0.05, 0.1) is 12.8 Å². The van der Waals surface area contributed by atoms with Gasteiger partial charge < -0.3 is 15.5 Å². The molecule has 1 aliphatic carbocycles. The molecule has 4 nitrogen and oxygen atoms in total. The second-order valence-corrected chi connectivity index (χ2v) is 5.28. The van der Waals surface area contributed by atoms with Crippen molar-refractivity contribution < 1.29 is 4.74 Å². The van der Waals surface area contributed by atoms with Gasteiger partial charge in [0.15, 0.2) is 0 Å². The fourth-order valence-corrected chi connectivity index (χ4v) is 2.45. The van der Waals surface area contributed by atoms with Crippen LogP contribution < -0.4 is 10.5 Å². The van der Waals surface area contributed by atoms with Gasteiger partial charge in [0.2, 0.25) is 0 Å². The lowest BCUT2D eigenvalue weighted by atomic mass is 10.1. The van der Waals surface area contributed by atoms with Gasteiger partial charge in [-0.05, 0) is 31.9 Å². The molecule has 0 unspecified atom stereocenters. The van der Waals surface area contributed by atoms with Gasteiger partial charge >= 0.3 is 0 Å². The standard InChI is InChI=1S/C15H19N3O/c1-10-13(11-4-3-5-12(8-11)19-2)18-14(17-10)15(9-16)6-7-15/h3-5,8H,6-7,9,16H2,1-2H3,(H,17,18). The van der Waals surface area contributed by atoms with E-state index in [0.717, 1.165) is 41.4 Å². The van der Waals surface area contributed by atoms with Crippen molar-refractivity contribution in [2.24, 2.45) is 5.73 Å². The number of benzene rings is 1. The van der Waals surface area contributed by atoms with Crippen molar-refractivity contribution in [3.8, 4) is 17.0 Å². The molecule has 1 aliphatic rings. The first-order valence-electron chi connectivity index (χ1n) is 6.60. The molecule has 1 fully saturated rings. The third kappa shape index (κ3) is 2.02. The number of rotatable bonds is 4. The number of aromatic amines is 1. The Morgan fingerprint density at radius 1 is 1.42 bits per heavy atom. The lowest BCUT2D eigenvalue weighted by Gasteiger charge is -2.07. The van der Waals surface area contributed by atoms with Crippen LogP contribution in [0.4, 0.5) is 0 Å². The number of nitrogens with two attached hydrogens (primary N) is 1. The number of hydrogen-bond acceptors (Lipinski definition) is 3. The predicted molar refractivity (Wildman–Crippen MR) is 75.3 cm³/mol. The first kappa shape index (κ1) is 12.2. The molecule has 4 heteroatoms. The molecule has 1 heterocycles. The summed E-state index contributed by atoms with van der Waals surface area (Å²) in [7, 11) is 1.68. The summed E-state index contributed by atoms with van der Waals surface area (Å²) in [5.41, 5.74) is 9.12. The molecule has 0 radical (unpaired) electrons. The maximum absolute atomic E-state index is 5.86. The molecule has 1 aromatic carbocycles. The largest absolute Gasteiger partial charge is 0.497 e. The number of ether oxygens (including phenoxy) is 1. The molecule has 1 saturated carbocycles. The smallest absolute Gasteiger partial charge is 0.119 e. The monoisotopic (exact) mass is 257 g/mol. The topological polar surface area (TPSA) is 63.9 Å². The molecule has 1 aromatic heterocycles. The highest BCUT2D eigenvalue weighted by Crippen LogP contribution is 2.46. The molecular weight excluding hydrogens is 238 g/mol. The van der Waals surface area contributed by atoms with Crippen LogP contribution in [-0.2, 0) is 5.41 Å². The quantitative estimate of drug-likeness (QED) is 0.884. The number of hydrogen-bond donors (Lipinski definition) is 2. The normalized spacial score (nSPS) is 16.4. The SMILES string of the molecule is COc1cccc(-c2nc(C3(CN)CC3)[nH]c2C)c1. The molecule has 0 amide bonds. The summed E-state index contributed by atoms with van der Waals surface area (Å²) in [4.78, 5) is 8.17. The summed E-state index contributed by atoms with van der Waals surface area (Å²) in [6.45, 7) is 2.72. The van der Waals surface area contributed by atoms with Crippen molar-refractivity contribution in [1.29, 1.82) is 0 Å². The van der Waals surface area contributed by atoms with Gasteiger partial charge in [0, 0.05) is 23.2 Å². The Kier molecular flexibility index (Phi) is 2.82. The number of nitrogens with one attached hydrogen (secondary N) is 1. The summed E-state index contributed by atoms with van der Waals surface area (Å²) in [6.07, 6.45) is 2.27. The van der Waals surface area contributed by atoms with Crippen LogP contribution in [-0.4, -0.2) is 23.6 Å². The Morgan fingerprint density at radius 3 is 2.84 bits per heavy atom. The van der Waals surface area contributed by atoms with Gasteiger partial charge in [0.1, 0.15) is 11.6 Å². The Hall–Kier alpha value is -1.81. The Balaban J connectivity index is 2.01. The van der Waals surface area contributed by atoms with Crippen LogP contribution in [0.3, 0.4) is 0 Å². The highest BCUT2D eigenvalue weighted by Gasteiger charge is 2.45. The van der Waals surface area contributed by atoms with Crippen LogP contribution in [0.5, 0.6) is 5.75 Å². The van der Waals surface area contributed by atoms with Crippen LogP contribution in [0, 0.1) is 6.92 Å². The van der Waals surface area contributed by atoms with Gasteiger partial charge in [-0.15, -0.1) is 0 Å². The second kappa shape index (κ2) is 4.38. The van der Waals surface area contributed by atoms with E-state index in [1.165, 1.54) is 0 Å². The molecular formula is C15H19N3O. The zero-order valence-electron chi connectivity index (χ0n) is 11.4. The van der Waals surface area contributed by atoms with E-state index >= 15 is 0 Å². The van der Waals surface area contributed by atoms with Crippen molar-refractivity contribution in [3.63, 3.8) is 0 Å². The molecule has 0 aliphatic heterocycles. The van der Waals surface area contributed by atoms with Crippen LogP contribution >= 0.6 is 0 Å². The summed E-state index contributed by atoms with van der Waals surface area (Å²) in [5, 5.41) is 0. The van der Waals surface area contributed by atoms with E-state index in [1.54, 1.807) is 7.11 Å². The zero-order valence-corrected chi connectivity index (χ0v) is 11.4. The summed E-state index contributed by atoms with van der Waals surface area (Å²) in [5.74, 6) is 1.88. The lowest BCUT2D eigenvalue weighted by molar-refractivity contribution is 0.415. The molecule has 0 spiro atoms. The number of nitrogens with zero attached hydrogens (tertiary/aromatic N) is 1. The summed E-state index contributed by atoms with van der Waals surface area (Å²) >= 11 is 0. The second-order valence-electron chi connectivity index (χ2n) is 5.28. The Labute approximate surface area is 113 Å². The van der Waals surface area contributed by atoms with E-state index < -0.39 is 0 Å². The van der Waals surface area contributed by atoms with Crippen molar-refractivity contribution in [2.75, 3.05) is 13.7 Å². The van der Waals surface area contributed by atoms with Gasteiger partial charge in [-0.1, -0.05) is 12.1 Å². The molecule has 0 bridgehead atoms.